The Morgan fingerprint density at radius 3 is 1.45 bits per heavy atom. The molecule has 0 saturated carbocycles. The van der Waals surface area contributed by atoms with Crippen LogP contribution in [-0.2, 0) is 10.0 Å². The number of sulfonamides is 1. The number of halogens is 10. The zero-order valence-electron chi connectivity index (χ0n) is 8.36. The first-order valence-corrected chi connectivity index (χ1v) is 5.23. The van der Waals surface area contributed by atoms with Crippen molar-refractivity contribution in [1.82, 2.24) is 0 Å². The molecule has 0 aliphatic rings. The Morgan fingerprint density at radius 2 is 1.20 bits per heavy atom. The van der Waals surface area contributed by atoms with Crippen LogP contribution in [0.25, 0.3) is 0 Å². The molecule has 0 aliphatic heterocycles. The first kappa shape index (κ1) is 18.7. The number of hydrogen-bond acceptors (Lipinski definition) is 3. The van der Waals surface area contributed by atoms with Gasteiger partial charge in [-0.15, -0.1) is 0 Å². The van der Waals surface area contributed by atoms with Crippen LogP contribution < -0.4 is 5.11 Å². The van der Waals surface area contributed by atoms with Crippen molar-refractivity contribution in [2.75, 3.05) is 0 Å². The summed E-state index contributed by atoms with van der Waals surface area (Å²) in [4.78, 5) is 0. The SMILES string of the molecule is O=S(=O)(N=C([O-])C(F)(F)F)C(F)(F)C(F)(F)C(F)(F)F. The molecule has 0 aromatic rings. The molecule has 0 aromatic carbocycles. The fourth-order valence-corrected chi connectivity index (χ4v) is 1.42. The summed E-state index contributed by atoms with van der Waals surface area (Å²) < 4.78 is 140. The molecule has 0 heterocycles. The van der Waals surface area contributed by atoms with Gasteiger partial charge in [0.2, 0.25) is 0 Å². The summed E-state index contributed by atoms with van der Waals surface area (Å²) in [5, 5.41) is 2.88. The largest absolute Gasteiger partial charge is 0.855 e. The molecule has 20 heavy (non-hydrogen) atoms. The Bertz CT molecular complexity index is 500. The highest BCUT2D eigenvalue weighted by molar-refractivity contribution is 7.91. The van der Waals surface area contributed by atoms with Gasteiger partial charge in [-0.25, -0.2) is 0 Å². The summed E-state index contributed by atoms with van der Waals surface area (Å²) in [5.41, 5.74) is 0. The van der Waals surface area contributed by atoms with Crippen LogP contribution in [0.2, 0.25) is 0 Å². The second-order valence-electron chi connectivity index (χ2n) is 2.96. The monoisotopic (exact) mass is 344 g/mol. The Morgan fingerprint density at radius 1 is 0.850 bits per heavy atom. The molecular formula is C5F10NO3S-. The van der Waals surface area contributed by atoms with Gasteiger partial charge in [-0.05, 0) is 0 Å². The van der Waals surface area contributed by atoms with E-state index in [2.05, 4.69) is 0 Å². The van der Waals surface area contributed by atoms with Gasteiger partial charge in [0.1, 0.15) is 0 Å². The van der Waals surface area contributed by atoms with Crippen molar-refractivity contribution in [2.24, 2.45) is 4.40 Å². The maximum atomic E-state index is 12.6. The lowest BCUT2D eigenvalue weighted by Crippen LogP contribution is -2.56. The van der Waals surface area contributed by atoms with Crippen LogP contribution in [0.5, 0.6) is 0 Å². The molecule has 0 saturated heterocycles. The second kappa shape index (κ2) is 4.63. The smallest absolute Gasteiger partial charge is 0.461 e. The molecule has 0 amide bonds. The molecule has 4 nitrogen and oxygen atoms in total. The third kappa shape index (κ3) is 3.06. The highest BCUT2D eigenvalue weighted by atomic mass is 32.2. The molecule has 0 aromatic heterocycles. The summed E-state index contributed by atoms with van der Waals surface area (Å²) in [6.45, 7) is 0. The lowest BCUT2D eigenvalue weighted by atomic mass is 10.3. The number of hydrogen-bond donors (Lipinski definition) is 0. The Kier molecular flexibility index (Phi) is 4.33. The van der Waals surface area contributed by atoms with Crippen LogP contribution in [0.4, 0.5) is 43.9 Å². The van der Waals surface area contributed by atoms with E-state index in [9.17, 15) is 57.4 Å². The lowest BCUT2D eigenvalue weighted by molar-refractivity contribution is -0.332. The Balaban J connectivity index is 5.99. The Hall–Kier alpha value is -1.28. The summed E-state index contributed by atoms with van der Waals surface area (Å²) in [6, 6.07) is 0. The van der Waals surface area contributed by atoms with E-state index < -0.39 is 39.5 Å². The Labute approximate surface area is 102 Å². The number of rotatable bonds is 3. The van der Waals surface area contributed by atoms with E-state index in [4.69, 9.17) is 0 Å². The van der Waals surface area contributed by atoms with Crippen LogP contribution in [0.1, 0.15) is 0 Å². The van der Waals surface area contributed by atoms with E-state index >= 15 is 0 Å². The van der Waals surface area contributed by atoms with Gasteiger partial charge in [0.25, 0.3) is 0 Å². The van der Waals surface area contributed by atoms with Gasteiger partial charge in [-0.2, -0.15) is 56.7 Å². The average molecular weight is 344 g/mol. The van der Waals surface area contributed by atoms with Gasteiger partial charge < -0.3 is 5.11 Å². The summed E-state index contributed by atoms with van der Waals surface area (Å²) in [7, 11) is -7.43. The van der Waals surface area contributed by atoms with Gasteiger partial charge in [0.05, 0.1) is 5.90 Å². The molecule has 0 bridgehead atoms. The molecule has 0 fully saturated rings. The van der Waals surface area contributed by atoms with Crippen LogP contribution in [0.15, 0.2) is 4.40 Å². The summed E-state index contributed by atoms with van der Waals surface area (Å²) in [6.07, 6.45) is -13.3. The zero-order valence-corrected chi connectivity index (χ0v) is 9.18. The van der Waals surface area contributed by atoms with Crippen LogP contribution in [-0.4, -0.2) is 37.8 Å². The van der Waals surface area contributed by atoms with E-state index in [-0.39, 0.29) is 0 Å². The minimum absolute atomic E-state index is 0.710. The van der Waals surface area contributed by atoms with Crippen LogP contribution in [0, 0.1) is 0 Å². The van der Waals surface area contributed by atoms with Crippen molar-refractivity contribution in [3.63, 3.8) is 0 Å². The topological polar surface area (TPSA) is 69.6 Å². The van der Waals surface area contributed by atoms with Crippen LogP contribution >= 0.6 is 0 Å². The van der Waals surface area contributed by atoms with Crippen molar-refractivity contribution >= 4 is 15.9 Å². The minimum atomic E-state index is -7.43. The van der Waals surface area contributed by atoms with E-state index in [1.807, 2.05) is 0 Å². The molecule has 0 aliphatic carbocycles. The van der Waals surface area contributed by atoms with Crippen molar-refractivity contribution in [1.29, 1.82) is 0 Å². The molecule has 0 radical (unpaired) electrons. The standard InChI is InChI=1S/C5HF10NO3S/c6-2(7,8)1(17)16-20(18,19)5(14,15)3(9,10)4(11,12)13/h(H,16,17)/p-1. The van der Waals surface area contributed by atoms with Crippen molar-refractivity contribution in [2.45, 2.75) is 23.5 Å². The molecule has 120 valence electrons. The minimum Gasteiger partial charge on any atom is -0.855 e. The first-order chi connectivity index (χ1) is 8.38. The third-order valence-electron chi connectivity index (χ3n) is 1.49. The molecule has 0 unspecified atom stereocenters. The molecule has 0 spiro atoms. The summed E-state index contributed by atoms with van der Waals surface area (Å²) >= 11 is 0. The van der Waals surface area contributed by atoms with E-state index in [1.54, 1.807) is 0 Å². The van der Waals surface area contributed by atoms with Crippen molar-refractivity contribution in [3.05, 3.63) is 0 Å². The van der Waals surface area contributed by atoms with Crippen molar-refractivity contribution < 1.29 is 57.4 Å². The number of nitrogens with zero attached hydrogens (tertiary/aromatic N) is 1. The zero-order chi connectivity index (χ0) is 16.8. The van der Waals surface area contributed by atoms with Crippen molar-refractivity contribution in [3.8, 4) is 0 Å². The maximum absolute atomic E-state index is 12.6. The lowest BCUT2D eigenvalue weighted by Gasteiger charge is -2.26. The van der Waals surface area contributed by atoms with E-state index in [0.29, 0.717) is 4.40 Å². The predicted molar refractivity (Wildman–Crippen MR) is 38.4 cm³/mol. The first-order valence-electron chi connectivity index (χ1n) is 3.79. The third-order valence-corrected chi connectivity index (χ3v) is 2.80. The van der Waals surface area contributed by atoms with Gasteiger partial charge in [-0.3, -0.25) is 0 Å². The number of alkyl halides is 10. The molecule has 0 N–H and O–H groups in total. The highest BCUT2D eigenvalue weighted by Crippen LogP contribution is 2.49. The fourth-order valence-electron chi connectivity index (χ4n) is 0.545. The van der Waals surface area contributed by atoms with E-state index in [1.165, 1.54) is 0 Å². The molecule has 15 heteroatoms. The maximum Gasteiger partial charge on any atom is 0.461 e. The van der Waals surface area contributed by atoms with Gasteiger partial charge >= 0.3 is 33.6 Å². The van der Waals surface area contributed by atoms with Crippen LogP contribution in [0.3, 0.4) is 0 Å². The molecule has 0 atom stereocenters. The quantitative estimate of drug-likeness (QED) is 0.442. The molecular weight excluding hydrogens is 344 g/mol. The normalized spacial score (nSPS) is 16.4. The van der Waals surface area contributed by atoms with Gasteiger partial charge in [0.15, 0.2) is 0 Å². The summed E-state index contributed by atoms with van der Waals surface area (Å²) in [5.74, 6) is -11.0. The molecule has 0 rings (SSSR count). The second-order valence-corrected chi connectivity index (χ2v) is 4.60. The van der Waals surface area contributed by atoms with E-state index in [0.717, 1.165) is 0 Å². The van der Waals surface area contributed by atoms with Gasteiger partial charge in [0, 0.05) is 0 Å². The average Bonchev–Trinajstić information content (AvgIpc) is 2.12. The highest BCUT2D eigenvalue weighted by Gasteiger charge is 2.79. The predicted octanol–water partition coefficient (Wildman–Crippen LogP) is 1.43. The fraction of sp³-hybridized carbons (Fsp3) is 0.800. The van der Waals surface area contributed by atoms with Gasteiger partial charge in [-0.1, -0.05) is 0 Å².